The fourth-order valence-electron chi connectivity index (χ4n) is 1.76. The van der Waals surface area contributed by atoms with Crippen LogP contribution in [0, 0.1) is 0 Å². The fourth-order valence-corrected chi connectivity index (χ4v) is 2.27. The van der Waals surface area contributed by atoms with Crippen molar-refractivity contribution in [3.63, 3.8) is 0 Å². The molecule has 6 heteroatoms. The van der Waals surface area contributed by atoms with Crippen molar-refractivity contribution in [2.45, 2.75) is 12.2 Å². The Bertz CT molecular complexity index is 402. The summed E-state index contributed by atoms with van der Waals surface area (Å²) in [4.78, 5) is 0. The van der Waals surface area contributed by atoms with Crippen molar-refractivity contribution < 1.29 is 17.9 Å². The summed E-state index contributed by atoms with van der Waals surface area (Å²) in [5.74, 6) is 0. The summed E-state index contributed by atoms with van der Waals surface area (Å²) in [7, 11) is 0. The van der Waals surface area contributed by atoms with E-state index in [0.717, 1.165) is 12.1 Å². The normalized spacial score (nSPS) is 21.5. The van der Waals surface area contributed by atoms with E-state index in [0.29, 0.717) is 29.8 Å². The number of ether oxygens (including phenoxy) is 1. The van der Waals surface area contributed by atoms with Crippen LogP contribution in [0.1, 0.15) is 17.2 Å². The minimum atomic E-state index is -4.33. The van der Waals surface area contributed by atoms with Gasteiger partial charge in [-0.25, -0.2) is 0 Å². The summed E-state index contributed by atoms with van der Waals surface area (Å²) < 4.78 is 43.6. The molecule has 0 unspecified atom stereocenters. The second kappa shape index (κ2) is 4.96. The minimum absolute atomic E-state index is 0.178. The average molecular weight is 310 g/mol. The van der Waals surface area contributed by atoms with Gasteiger partial charge in [0.05, 0.1) is 24.8 Å². The maximum absolute atomic E-state index is 12.6. The molecule has 0 spiro atoms. The number of rotatable bonds is 1. The van der Waals surface area contributed by atoms with Gasteiger partial charge in [-0.3, -0.25) is 0 Å². The molecule has 1 fully saturated rings. The molecule has 2 rings (SSSR count). The summed E-state index contributed by atoms with van der Waals surface area (Å²) in [6, 6.07) is 3.74. The molecule has 1 aromatic rings. The Hall–Kier alpha value is -0.590. The molecule has 0 radical (unpaired) electrons. The summed E-state index contributed by atoms with van der Waals surface area (Å²) >= 11 is 3.10. The molecule has 1 aliphatic rings. The van der Waals surface area contributed by atoms with Crippen molar-refractivity contribution in [3.05, 3.63) is 33.8 Å². The lowest BCUT2D eigenvalue weighted by molar-refractivity contribution is -0.137. The van der Waals surface area contributed by atoms with Crippen LogP contribution in [0.3, 0.4) is 0 Å². The van der Waals surface area contributed by atoms with Crippen LogP contribution < -0.4 is 5.32 Å². The zero-order valence-corrected chi connectivity index (χ0v) is 10.4. The monoisotopic (exact) mass is 309 g/mol. The van der Waals surface area contributed by atoms with Crippen LogP contribution in [-0.2, 0) is 10.9 Å². The standard InChI is InChI=1S/C11H11BrF3NO/c12-9-4-7(10-6-17-2-1-16-10)3-8(5-9)11(13,14)15/h3-5,10,16H,1-2,6H2/t10-/m0/s1. The van der Waals surface area contributed by atoms with Crippen LogP contribution in [0.25, 0.3) is 0 Å². The molecule has 94 valence electrons. The van der Waals surface area contributed by atoms with Crippen molar-refractivity contribution in [2.24, 2.45) is 0 Å². The van der Waals surface area contributed by atoms with Crippen molar-refractivity contribution in [3.8, 4) is 0 Å². The molecule has 1 atom stereocenters. The largest absolute Gasteiger partial charge is 0.416 e. The van der Waals surface area contributed by atoms with Crippen molar-refractivity contribution in [1.29, 1.82) is 0 Å². The lowest BCUT2D eigenvalue weighted by atomic mass is 10.0. The van der Waals surface area contributed by atoms with Crippen molar-refractivity contribution in [1.82, 2.24) is 5.32 Å². The van der Waals surface area contributed by atoms with E-state index in [1.165, 1.54) is 0 Å². The smallest absolute Gasteiger partial charge is 0.378 e. The molecule has 0 saturated carbocycles. The third-order valence-corrected chi connectivity index (χ3v) is 3.03. The number of hydrogen-bond acceptors (Lipinski definition) is 2. The lowest BCUT2D eigenvalue weighted by Crippen LogP contribution is -2.34. The van der Waals surface area contributed by atoms with Crippen LogP contribution in [0.2, 0.25) is 0 Å². The summed E-state index contributed by atoms with van der Waals surface area (Å²) in [6.45, 7) is 1.64. The first-order valence-corrected chi connectivity index (χ1v) is 5.95. The maximum atomic E-state index is 12.6. The van der Waals surface area contributed by atoms with Crippen LogP contribution in [-0.4, -0.2) is 19.8 Å². The van der Waals surface area contributed by atoms with E-state index in [2.05, 4.69) is 21.2 Å². The minimum Gasteiger partial charge on any atom is -0.378 e. The summed E-state index contributed by atoms with van der Waals surface area (Å²) in [6.07, 6.45) is -4.33. The summed E-state index contributed by atoms with van der Waals surface area (Å²) in [5, 5.41) is 3.13. The van der Waals surface area contributed by atoms with Crippen molar-refractivity contribution in [2.75, 3.05) is 19.8 Å². The Morgan fingerprint density at radius 3 is 2.65 bits per heavy atom. The number of hydrogen-bond donors (Lipinski definition) is 1. The van der Waals surface area contributed by atoms with Gasteiger partial charge in [-0.15, -0.1) is 0 Å². The molecular formula is C11H11BrF3NO. The zero-order chi connectivity index (χ0) is 12.5. The molecule has 1 aromatic carbocycles. The number of nitrogens with one attached hydrogen (secondary N) is 1. The van der Waals surface area contributed by atoms with E-state index >= 15 is 0 Å². The predicted octanol–water partition coefficient (Wildman–Crippen LogP) is 3.13. The zero-order valence-electron chi connectivity index (χ0n) is 8.85. The Kier molecular flexibility index (Phi) is 3.75. The van der Waals surface area contributed by atoms with E-state index in [9.17, 15) is 13.2 Å². The molecule has 0 bridgehead atoms. The first kappa shape index (κ1) is 12.9. The van der Waals surface area contributed by atoms with E-state index in [-0.39, 0.29) is 6.04 Å². The maximum Gasteiger partial charge on any atom is 0.416 e. The Labute approximate surface area is 105 Å². The first-order valence-electron chi connectivity index (χ1n) is 5.15. The van der Waals surface area contributed by atoms with Gasteiger partial charge in [-0.2, -0.15) is 13.2 Å². The van der Waals surface area contributed by atoms with E-state index in [4.69, 9.17) is 4.74 Å². The number of benzene rings is 1. The second-order valence-electron chi connectivity index (χ2n) is 3.85. The number of morpholine rings is 1. The van der Waals surface area contributed by atoms with Crippen LogP contribution >= 0.6 is 15.9 Å². The van der Waals surface area contributed by atoms with Crippen LogP contribution in [0.5, 0.6) is 0 Å². The molecule has 0 aromatic heterocycles. The Balaban J connectivity index is 2.31. The topological polar surface area (TPSA) is 21.3 Å². The van der Waals surface area contributed by atoms with Gasteiger partial charge in [-0.1, -0.05) is 15.9 Å². The van der Waals surface area contributed by atoms with Gasteiger partial charge in [0, 0.05) is 11.0 Å². The van der Waals surface area contributed by atoms with Crippen LogP contribution in [0.15, 0.2) is 22.7 Å². The average Bonchev–Trinajstić information content (AvgIpc) is 2.28. The molecule has 1 aliphatic heterocycles. The van der Waals surface area contributed by atoms with Gasteiger partial charge < -0.3 is 10.1 Å². The molecule has 17 heavy (non-hydrogen) atoms. The SMILES string of the molecule is FC(F)(F)c1cc(Br)cc([C@@H]2COCCN2)c1. The highest BCUT2D eigenvalue weighted by atomic mass is 79.9. The lowest BCUT2D eigenvalue weighted by Gasteiger charge is -2.25. The fraction of sp³-hybridized carbons (Fsp3) is 0.455. The molecule has 1 heterocycles. The second-order valence-corrected chi connectivity index (χ2v) is 4.77. The third-order valence-electron chi connectivity index (χ3n) is 2.57. The Morgan fingerprint density at radius 2 is 2.06 bits per heavy atom. The highest BCUT2D eigenvalue weighted by molar-refractivity contribution is 9.10. The molecular weight excluding hydrogens is 299 g/mol. The quantitative estimate of drug-likeness (QED) is 0.860. The Morgan fingerprint density at radius 1 is 1.29 bits per heavy atom. The molecule has 1 N–H and O–H groups in total. The van der Waals surface area contributed by atoms with Crippen molar-refractivity contribution >= 4 is 15.9 Å². The number of alkyl halides is 3. The third kappa shape index (κ3) is 3.20. The molecule has 0 aliphatic carbocycles. The molecule has 1 saturated heterocycles. The molecule has 0 amide bonds. The van der Waals surface area contributed by atoms with E-state index < -0.39 is 11.7 Å². The van der Waals surface area contributed by atoms with E-state index in [1.807, 2.05) is 0 Å². The van der Waals surface area contributed by atoms with Crippen LogP contribution in [0.4, 0.5) is 13.2 Å². The highest BCUT2D eigenvalue weighted by Crippen LogP contribution is 2.33. The van der Waals surface area contributed by atoms with Gasteiger partial charge >= 0.3 is 6.18 Å². The van der Waals surface area contributed by atoms with Gasteiger partial charge in [-0.05, 0) is 23.8 Å². The van der Waals surface area contributed by atoms with Gasteiger partial charge in [0.2, 0.25) is 0 Å². The highest BCUT2D eigenvalue weighted by Gasteiger charge is 2.31. The first-order chi connectivity index (χ1) is 7.97. The van der Waals surface area contributed by atoms with Gasteiger partial charge in [0.25, 0.3) is 0 Å². The predicted molar refractivity (Wildman–Crippen MR) is 60.7 cm³/mol. The summed E-state index contributed by atoms with van der Waals surface area (Å²) in [5.41, 5.74) is -0.0550. The van der Waals surface area contributed by atoms with Gasteiger partial charge in [0.15, 0.2) is 0 Å². The van der Waals surface area contributed by atoms with Gasteiger partial charge in [0.1, 0.15) is 0 Å². The van der Waals surface area contributed by atoms with E-state index in [1.54, 1.807) is 6.07 Å². The number of halogens is 4. The molecule has 2 nitrogen and oxygen atoms in total.